The van der Waals surface area contributed by atoms with E-state index in [0.29, 0.717) is 28.5 Å². The van der Waals surface area contributed by atoms with Gasteiger partial charge in [0, 0.05) is 0 Å². The molecule has 0 amide bonds. The zero-order valence-corrected chi connectivity index (χ0v) is 28.8. The minimum Gasteiger partial charge on any atom is -0.459 e. The highest BCUT2D eigenvalue weighted by atomic mass is 16.5. The Kier molecular flexibility index (Phi) is 15.2. The normalized spacial score (nSPS) is 17.0. The van der Waals surface area contributed by atoms with Gasteiger partial charge in [-0.1, -0.05) is 83.8 Å². The van der Waals surface area contributed by atoms with E-state index in [9.17, 15) is 9.59 Å². The lowest BCUT2D eigenvalue weighted by Crippen LogP contribution is -2.15. The molecular formula is C41H54N2O4. The molecule has 1 fully saturated rings. The quantitative estimate of drug-likeness (QED) is 0.0601. The SMILES string of the molecule is CCCCCCCC1CCC(c2ccc(N=Nc3ccc(C(=O)Oc4ccc(C(=O)O[C@@H](C)CCCCCC)cc4)cc3)cc2)CC1. The molecule has 1 saturated carbocycles. The van der Waals surface area contributed by atoms with E-state index in [0.717, 1.165) is 30.9 Å². The summed E-state index contributed by atoms with van der Waals surface area (Å²) in [5.74, 6) is 1.07. The highest BCUT2D eigenvalue weighted by Gasteiger charge is 2.22. The first-order valence-electron chi connectivity index (χ1n) is 18.1. The van der Waals surface area contributed by atoms with E-state index >= 15 is 0 Å². The second-order valence-electron chi connectivity index (χ2n) is 13.2. The van der Waals surface area contributed by atoms with Crippen molar-refractivity contribution in [2.45, 2.75) is 129 Å². The average molecular weight is 639 g/mol. The van der Waals surface area contributed by atoms with Crippen LogP contribution in [-0.2, 0) is 4.74 Å². The van der Waals surface area contributed by atoms with Crippen molar-refractivity contribution in [2.24, 2.45) is 16.1 Å². The Labute approximate surface area is 282 Å². The number of benzene rings is 3. The van der Waals surface area contributed by atoms with Crippen LogP contribution in [0.5, 0.6) is 5.75 Å². The van der Waals surface area contributed by atoms with Gasteiger partial charge in [-0.3, -0.25) is 0 Å². The molecule has 3 aromatic rings. The molecule has 252 valence electrons. The van der Waals surface area contributed by atoms with Crippen LogP contribution in [0.3, 0.4) is 0 Å². The fourth-order valence-corrected chi connectivity index (χ4v) is 6.41. The lowest BCUT2D eigenvalue weighted by molar-refractivity contribution is 0.0319. The summed E-state index contributed by atoms with van der Waals surface area (Å²) < 4.78 is 11.1. The van der Waals surface area contributed by atoms with Crippen molar-refractivity contribution in [3.8, 4) is 5.75 Å². The van der Waals surface area contributed by atoms with Gasteiger partial charge in [-0.05, 0) is 124 Å². The predicted molar refractivity (Wildman–Crippen MR) is 190 cm³/mol. The highest BCUT2D eigenvalue weighted by Crippen LogP contribution is 2.38. The van der Waals surface area contributed by atoms with E-state index in [1.54, 1.807) is 48.5 Å². The minimum atomic E-state index is -0.485. The fraction of sp³-hybridized carbons (Fsp3) is 0.512. The molecule has 47 heavy (non-hydrogen) atoms. The van der Waals surface area contributed by atoms with Gasteiger partial charge >= 0.3 is 11.9 Å². The van der Waals surface area contributed by atoms with E-state index < -0.39 is 5.97 Å². The lowest BCUT2D eigenvalue weighted by atomic mass is 9.77. The summed E-state index contributed by atoms with van der Waals surface area (Å²) in [6.45, 7) is 6.38. The summed E-state index contributed by atoms with van der Waals surface area (Å²) >= 11 is 0. The molecule has 0 saturated heterocycles. The fourth-order valence-electron chi connectivity index (χ4n) is 6.41. The third-order valence-corrected chi connectivity index (χ3v) is 9.38. The van der Waals surface area contributed by atoms with Gasteiger partial charge in [0.05, 0.1) is 28.6 Å². The van der Waals surface area contributed by atoms with Gasteiger partial charge in [-0.2, -0.15) is 10.2 Å². The molecule has 0 unspecified atom stereocenters. The summed E-state index contributed by atoms with van der Waals surface area (Å²) in [6.07, 6.45) is 18.9. The molecule has 1 aliphatic rings. The van der Waals surface area contributed by atoms with Crippen LogP contribution < -0.4 is 4.74 Å². The van der Waals surface area contributed by atoms with Crippen LogP contribution in [0.25, 0.3) is 0 Å². The Balaban J connectivity index is 1.19. The van der Waals surface area contributed by atoms with Crippen molar-refractivity contribution < 1.29 is 19.1 Å². The molecule has 0 bridgehead atoms. The van der Waals surface area contributed by atoms with Crippen LogP contribution >= 0.6 is 0 Å². The van der Waals surface area contributed by atoms with Gasteiger partial charge in [-0.25, -0.2) is 9.59 Å². The summed E-state index contributed by atoms with van der Waals surface area (Å²) in [6, 6.07) is 21.8. The van der Waals surface area contributed by atoms with Gasteiger partial charge in [0.25, 0.3) is 0 Å². The van der Waals surface area contributed by atoms with Crippen LogP contribution in [0.15, 0.2) is 83.0 Å². The van der Waals surface area contributed by atoms with Gasteiger partial charge in [-0.15, -0.1) is 0 Å². The number of hydrogen-bond donors (Lipinski definition) is 0. The predicted octanol–water partition coefficient (Wildman–Crippen LogP) is 12.5. The molecule has 0 spiro atoms. The molecule has 6 nitrogen and oxygen atoms in total. The molecule has 1 atom stereocenters. The summed E-state index contributed by atoms with van der Waals surface area (Å²) in [4.78, 5) is 25.2. The number of rotatable bonds is 18. The van der Waals surface area contributed by atoms with Crippen molar-refractivity contribution in [1.29, 1.82) is 0 Å². The van der Waals surface area contributed by atoms with Crippen molar-refractivity contribution in [3.63, 3.8) is 0 Å². The first-order valence-corrected chi connectivity index (χ1v) is 18.1. The Morgan fingerprint density at radius 2 is 1.19 bits per heavy atom. The summed E-state index contributed by atoms with van der Waals surface area (Å²) in [5, 5.41) is 8.77. The number of carbonyl (C=O) groups excluding carboxylic acids is 2. The molecule has 0 aliphatic heterocycles. The van der Waals surface area contributed by atoms with Gasteiger partial charge < -0.3 is 9.47 Å². The molecule has 0 heterocycles. The second-order valence-corrected chi connectivity index (χ2v) is 13.2. The topological polar surface area (TPSA) is 77.3 Å². The molecule has 0 aromatic heterocycles. The standard InChI is InChI=1S/C41H54N2O4/c1-4-6-8-10-12-14-32-15-17-33(18-16-32)34-19-25-37(26-20-34)42-43-38-27-21-35(22-28-38)41(45)47-39-29-23-36(24-30-39)40(44)46-31(3)13-11-9-7-5-2/h19-33H,4-18H2,1-3H3/t31-,32?,33?/m0/s1. The lowest BCUT2D eigenvalue weighted by Gasteiger charge is -2.29. The highest BCUT2D eigenvalue weighted by molar-refractivity contribution is 5.92. The molecule has 3 aromatic carbocycles. The van der Waals surface area contributed by atoms with Gasteiger partial charge in [0.2, 0.25) is 0 Å². The molecule has 1 aliphatic carbocycles. The van der Waals surface area contributed by atoms with E-state index in [1.807, 2.05) is 19.1 Å². The largest absolute Gasteiger partial charge is 0.459 e. The van der Waals surface area contributed by atoms with Crippen molar-refractivity contribution in [3.05, 3.63) is 89.5 Å². The number of hydrogen-bond acceptors (Lipinski definition) is 6. The number of nitrogens with zero attached hydrogens (tertiary/aromatic N) is 2. The van der Waals surface area contributed by atoms with Crippen molar-refractivity contribution in [1.82, 2.24) is 0 Å². The smallest absolute Gasteiger partial charge is 0.343 e. The van der Waals surface area contributed by atoms with E-state index in [-0.39, 0.29) is 12.1 Å². The number of esters is 2. The van der Waals surface area contributed by atoms with Crippen LogP contribution in [0.2, 0.25) is 0 Å². The molecule has 0 N–H and O–H groups in total. The number of carbonyl (C=O) groups is 2. The van der Waals surface area contributed by atoms with Crippen molar-refractivity contribution in [2.75, 3.05) is 0 Å². The first kappa shape index (κ1) is 36.0. The summed E-state index contributed by atoms with van der Waals surface area (Å²) in [7, 11) is 0. The maximum atomic E-state index is 12.7. The zero-order valence-electron chi connectivity index (χ0n) is 28.8. The van der Waals surface area contributed by atoms with E-state index in [4.69, 9.17) is 9.47 Å². The average Bonchev–Trinajstić information content (AvgIpc) is 3.10. The number of ether oxygens (including phenoxy) is 2. The van der Waals surface area contributed by atoms with Gasteiger partial charge in [0.15, 0.2) is 0 Å². The van der Waals surface area contributed by atoms with Crippen molar-refractivity contribution >= 4 is 23.3 Å². The Bertz CT molecular complexity index is 1370. The Hall–Kier alpha value is -3.80. The molecule has 6 heteroatoms. The first-order chi connectivity index (χ1) is 22.9. The number of unbranched alkanes of at least 4 members (excludes halogenated alkanes) is 7. The van der Waals surface area contributed by atoms with Crippen LogP contribution in [0, 0.1) is 5.92 Å². The Morgan fingerprint density at radius 3 is 1.81 bits per heavy atom. The monoisotopic (exact) mass is 638 g/mol. The molecule has 0 radical (unpaired) electrons. The van der Waals surface area contributed by atoms with Crippen LogP contribution in [0.1, 0.15) is 149 Å². The van der Waals surface area contributed by atoms with Crippen LogP contribution in [-0.4, -0.2) is 18.0 Å². The van der Waals surface area contributed by atoms with Crippen LogP contribution in [0.4, 0.5) is 11.4 Å². The second kappa shape index (κ2) is 19.8. The van der Waals surface area contributed by atoms with E-state index in [1.165, 1.54) is 82.6 Å². The third-order valence-electron chi connectivity index (χ3n) is 9.38. The molecule has 4 rings (SSSR count). The zero-order chi connectivity index (χ0) is 33.3. The number of azo groups is 1. The minimum absolute atomic E-state index is 0.130. The third kappa shape index (κ3) is 12.4. The Morgan fingerprint density at radius 1 is 0.660 bits per heavy atom. The van der Waals surface area contributed by atoms with Gasteiger partial charge in [0.1, 0.15) is 5.75 Å². The summed E-state index contributed by atoms with van der Waals surface area (Å²) in [5.41, 5.74) is 3.71. The maximum absolute atomic E-state index is 12.7. The molecular weight excluding hydrogens is 584 g/mol. The maximum Gasteiger partial charge on any atom is 0.343 e. The van der Waals surface area contributed by atoms with E-state index in [2.05, 4.69) is 36.2 Å².